The Morgan fingerprint density at radius 3 is 2.47 bits per heavy atom. The smallest absolute Gasteiger partial charge is 0.330 e. The fourth-order valence-corrected chi connectivity index (χ4v) is 4.59. The maximum absolute atomic E-state index is 11.6. The zero-order chi connectivity index (χ0) is 22.3. The van der Waals surface area contributed by atoms with Gasteiger partial charge in [0.15, 0.2) is 0 Å². The van der Waals surface area contributed by atoms with Gasteiger partial charge in [-0.25, -0.2) is 4.79 Å². The van der Waals surface area contributed by atoms with Gasteiger partial charge in [0, 0.05) is 15.9 Å². The molecule has 0 spiro atoms. The first-order valence-electron chi connectivity index (χ1n) is 10.8. The van der Waals surface area contributed by atoms with Crippen molar-refractivity contribution in [3.05, 3.63) is 97.1 Å². The second-order valence-electron chi connectivity index (χ2n) is 7.56. The molecule has 0 aliphatic heterocycles. The van der Waals surface area contributed by atoms with Gasteiger partial charge in [0.2, 0.25) is 0 Å². The third-order valence-corrected chi connectivity index (χ3v) is 6.38. The van der Waals surface area contributed by atoms with Crippen LogP contribution in [0.2, 0.25) is 0 Å². The lowest BCUT2D eigenvalue weighted by Crippen LogP contribution is -2.21. The number of rotatable bonds is 9. The Balaban J connectivity index is 1.65. The first-order valence-corrected chi connectivity index (χ1v) is 11.6. The molecule has 0 aromatic heterocycles. The van der Waals surface area contributed by atoms with Gasteiger partial charge in [-0.1, -0.05) is 73.8 Å². The highest BCUT2D eigenvalue weighted by atomic mass is 32.2. The van der Waals surface area contributed by atoms with Crippen LogP contribution in [0.3, 0.4) is 0 Å². The zero-order valence-corrected chi connectivity index (χ0v) is 18.9. The van der Waals surface area contributed by atoms with E-state index in [1.165, 1.54) is 37.4 Å². The SMILES string of the molecule is C=CC(=O)OC(CC)COCc1c2ccccc2cc2ccc(Sc3ccccc3)cc12. The summed E-state index contributed by atoms with van der Waals surface area (Å²) in [7, 11) is 0. The van der Waals surface area contributed by atoms with Gasteiger partial charge in [0.25, 0.3) is 0 Å². The van der Waals surface area contributed by atoms with E-state index in [2.05, 4.69) is 79.4 Å². The lowest BCUT2D eigenvalue weighted by molar-refractivity contribution is -0.146. The first-order chi connectivity index (χ1) is 15.7. The number of carbonyl (C=O) groups excluding carboxylic acids is 1. The van der Waals surface area contributed by atoms with Gasteiger partial charge in [-0.05, 0) is 63.9 Å². The van der Waals surface area contributed by atoms with Crippen LogP contribution in [0.1, 0.15) is 18.9 Å². The van der Waals surface area contributed by atoms with Crippen LogP contribution in [0.5, 0.6) is 0 Å². The van der Waals surface area contributed by atoms with E-state index in [1.54, 1.807) is 11.8 Å². The third kappa shape index (κ3) is 5.21. The molecule has 0 N–H and O–H groups in total. The molecule has 0 heterocycles. The molecule has 4 aromatic carbocycles. The minimum Gasteiger partial charge on any atom is -0.457 e. The molecule has 3 nitrogen and oxygen atoms in total. The Morgan fingerprint density at radius 1 is 0.938 bits per heavy atom. The number of esters is 1. The fourth-order valence-electron chi connectivity index (χ4n) is 3.72. The number of fused-ring (bicyclic) bond motifs is 2. The van der Waals surface area contributed by atoms with Crippen LogP contribution in [-0.4, -0.2) is 18.7 Å². The van der Waals surface area contributed by atoms with E-state index in [0.29, 0.717) is 19.6 Å². The summed E-state index contributed by atoms with van der Waals surface area (Å²) < 4.78 is 11.4. The standard InChI is InChI=1S/C28H26O3S/c1-3-22(31-28(29)4-2)18-30-19-27-25-13-9-8-10-20(25)16-21-14-15-24(17-26(21)27)32-23-11-6-5-7-12-23/h4-17,22H,2-3,18-19H2,1H3. The van der Waals surface area contributed by atoms with Crippen LogP contribution >= 0.6 is 11.8 Å². The van der Waals surface area contributed by atoms with E-state index in [1.807, 2.05) is 13.0 Å². The fraction of sp³-hybridized carbons (Fsp3) is 0.179. The van der Waals surface area contributed by atoms with Crippen molar-refractivity contribution < 1.29 is 14.3 Å². The van der Waals surface area contributed by atoms with Gasteiger partial charge in [0.05, 0.1) is 13.2 Å². The molecule has 4 rings (SSSR count). The molecule has 1 atom stereocenters. The molecule has 0 fully saturated rings. The van der Waals surface area contributed by atoms with Crippen molar-refractivity contribution in [2.75, 3.05) is 6.61 Å². The van der Waals surface area contributed by atoms with Crippen molar-refractivity contribution in [1.29, 1.82) is 0 Å². The quantitative estimate of drug-likeness (QED) is 0.156. The molecule has 0 saturated carbocycles. The molecule has 32 heavy (non-hydrogen) atoms. The summed E-state index contributed by atoms with van der Waals surface area (Å²) >= 11 is 1.75. The topological polar surface area (TPSA) is 35.5 Å². The Morgan fingerprint density at radius 2 is 1.69 bits per heavy atom. The predicted molar refractivity (Wildman–Crippen MR) is 132 cm³/mol. The lowest BCUT2D eigenvalue weighted by atomic mass is 9.97. The predicted octanol–water partition coefficient (Wildman–Crippen LogP) is 7.17. The Hall–Kier alpha value is -3.08. The van der Waals surface area contributed by atoms with Crippen molar-refractivity contribution in [1.82, 2.24) is 0 Å². The van der Waals surface area contributed by atoms with E-state index >= 15 is 0 Å². The van der Waals surface area contributed by atoms with E-state index in [4.69, 9.17) is 9.47 Å². The molecule has 0 bridgehead atoms. The van der Waals surface area contributed by atoms with Crippen LogP contribution in [0.25, 0.3) is 21.5 Å². The highest BCUT2D eigenvalue weighted by Crippen LogP contribution is 2.34. The molecule has 0 aliphatic carbocycles. The Bertz CT molecular complexity index is 1230. The summed E-state index contributed by atoms with van der Waals surface area (Å²) in [5.74, 6) is -0.418. The normalized spacial score (nSPS) is 12.0. The van der Waals surface area contributed by atoms with E-state index < -0.39 is 5.97 Å². The average Bonchev–Trinajstić information content (AvgIpc) is 2.83. The molecule has 4 heteroatoms. The maximum Gasteiger partial charge on any atom is 0.330 e. The summed E-state index contributed by atoms with van der Waals surface area (Å²) in [4.78, 5) is 13.9. The maximum atomic E-state index is 11.6. The van der Waals surface area contributed by atoms with Crippen LogP contribution in [0.15, 0.2) is 101 Å². The molecular weight excluding hydrogens is 416 g/mol. The number of hydrogen-bond donors (Lipinski definition) is 0. The molecule has 0 saturated heterocycles. The van der Waals surface area contributed by atoms with Crippen molar-refractivity contribution in [3.8, 4) is 0 Å². The van der Waals surface area contributed by atoms with Crippen LogP contribution in [0, 0.1) is 0 Å². The molecule has 162 valence electrons. The Labute approximate surface area is 193 Å². The Kier molecular flexibility index (Phi) is 7.25. The van der Waals surface area contributed by atoms with Crippen molar-refractivity contribution >= 4 is 39.3 Å². The van der Waals surface area contributed by atoms with Gasteiger partial charge in [-0.15, -0.1) is 0 Å². The van der Waals surface area contributed by atoms with Gasteiger partial charge < -0.3 is 9.47 Å². The second kappa shape index (κ2) is 10.5. The molecule has 1 unspecified atom stereocenters. The summed E-state index contributed by atoms with van der Waals surface area (Å²) in [5.41, 5.74) is 1.15. The van der Waals surface area contributed by atoms with Crippen LogP contribution < -0.4 is 0 Å². The van der Waals surface area contributed by atoms with Crippen LogP contribution in [0.4, 0.5) is 0 Å². The van der Waals surface area contributed by atoms with Gasteiger partial charge in [-0.3, -0.25) is 0 Å². The minimum atomic E-state index is -0.418. The van der Waals surface area contributed by atoms with Crippen molar-refractivity contribution in [2.24, 2.45) is 0 Å². The number of hydrogen-bond acceptors (Lipinski definition) is 4. The second-order valence-corrected chi connectivity index (χ2v) is 8.71. The third-order valence-electron chi connectivity index (χ3n) is 5.38. The highest BCUT2D eigenvalue weighted by Gasteiger charge is 2.13. The van der Waals surface area contributed by atoms with Crippen molar-refractivity contribution in [2.45, 2.75) is 35.8 Å². The number of carbonyl (C=O) groups is 1. The molecule has 0 amide bonds. The summed E-state index contributed by atoms with van der Waals surface area (Å²) in [6, 6.07) is 27.6. The zero-order valence-electron chi connectivity index (χ0n) is 18.1. The largest absolute Gasteiger partial charge is 0.457 e. The molecular formula is C28H26O3S. The number of benzene rings is 4. The lowest BCUT2D eigenvalue weighted by Gasteiger charge is -2.17. The number of ether oxygens (including phenoxy) is 2. The molecule has 4 aromatic rings. The van der Waals surface area contributed by atoms with Crippen molar-refractivity contribution in [3.63, 3.8) is 0 Å². The summed E-state index contributed by atoms with van der Waals surface area (Å²) in [5, 5.41) is 4.73. The van der Waals surface area contributed by atoms with E-state index in [-0.39, 0.29) is 6.10 Å². The van der Waals surface area contributed by atoms with Gasteiger partial charge in [0.1, 0.15) is 6.10 Å². The minimum absolute atomic E-state index is 0.286. The van der Waals surface area contributed by atoms with Crippen LogP contribution in [-0.2, 0) is 20.9 Å². The van der Waals surface area contributed by atoms with Gasteiger partial charge in [-0.2, -0.15) is 0 Å². The highest BCUT2D eigenvalue weighted by molar-refractivity contribution is 7.99. The van der Waals surface area contributed by atoms with E-state index in [9.17, 15) is 4.79 Å². The first kappa shape index (κ1) is 22.1. The molecule has 0 radical (unpaired) electrons. The van der Waals surface area contributed by atoms with Gasteiger partial charge >= 0.3 is 5.97 Å². The van der Waals surface area contributed by atoms with E-state index in [0.717, 1.165) is 5.56 Å². The monoisotopic (exact) mass is 442 g/mol. The molecule has 0 aliphatic rings. The summed E-state index contributed by atoms with van der Waals surface area (Å²) in [6.45, 7) is 6.23. The summed E-state index contributed by atoms with van der Waals surface area (Å²) in [6.07, 6.45) is 1.59. The average molecular weight is 443 g/mol.